The summed E-state index contributed by atoms with van der Waals surface area (Å²) in [6.45, 7) is 0.845. The van der Waals surface area contributed by atoms with Gasteiger partial charge < -0.3 is 20.9 Å². The molecule has 0 bridgehead atoms. The van der Waals surface area contributed by atoms with E-state index in [4.69, 9.17) is 11.6 Å². The van der Waals surface area contributed by atoms with E-state index in [1.54, 1.807) is 6.20 Å². The van der Waals surface area contributed by atoms with Gasteiger partial charge in [-0.15, -0.1) is 5.10 Å². The third kappa shape index (κ3) is 5.24. The Kier molecular flexibility index (Phi) is 6.14. The van der Waals surface area contributed by atoms with Gasteiger partial charge in [0, 0.05) is 38.9 Å². The van der Waals surface area contributed by atoms with Crippen LogP contribution in [-0.2, 0) is 0 Å². The summed E-state index contributed by atoms with van der Waals surface area (Å²) in [6.07, 6.45) is 1.66. The van der Waals surface area contributed by atoms with Crippen LogP contribution in [0.4, 0.5) is 26.4 Å². The summed E-state index contributed by atoms with van der Waals surface area (Å²) in [5, 5.41) is 16.1. The number of anilines is 3. The van der Waals surface area contributed by atoms with Crippen molar-refractivity contribution in [1.29, 1.82) is 0 Å². The first-order valence-electron chi connectivity index (χ1n) is 7.19. The predicted molar refractivity (Wildman–Crippen MR) is 93.3 cm³/mol. The van der Waals surface area contributed by atoms with Crippen molar-refractivity contribution in [3.63, 3.8) is 0 Å². The van der Waals surface area contributed by atoms with Crippen molar-refractivity contribution in [1.82, 2.24) is 15.5 Å². The molecule has 2 rings (SSSR count). The highest BCUT2D eigenvalue weighted by atomic mass is 35.5. The zero-order valence-electron chi connectivity index (χ0n) is 13.3. The fourth-order valence-corrected chi connectivity index (χ4v) is 1.98. The second kappa shape index (κ2) is 8.30. The van der Waals surface area contributed by atoms with Crippen LogP contribution in [0.15, 0.2) is 30.5 Å². The monoisotopic (exact) mass is 352 g/mol. The van der Waals surface area contributed by atoms with Crippen molar-refractivity contribution in [3.8, 4) is 0 Å². The van der Waals surface area contributed by atoms with Crippen molar-refractivity contribution in [2.45, 2.75) is 0 Å². The molecule has 0 saturated carbocycles. The van der Waals surface area contributed by atoms with E-state index in [2.05, 4.69) is 26.1 Å². The number of carbonyl (C=O) groups is 1. The van der Waals surface area contributed by atoms with Gasteiger partial charge in [-0.05, 0) is 18.2 Å². The van der Waals surface area contributed by atoms with Crippen molar-refractivity contribution < 1.29 is 9.18 Å². The van der Waals surface area contributed by atoms with E-state index in [0.29, 0.717) is 24.6 Å². The lowest BCUT2D eigenvalue weighted by atomic mass is 10.3. The smallest absolute Gasteiger partial charge is 0.319 e. The number of hydrogen-bond acceptors (Lipinski definition) is 5. The highest BCUT2D eigenvalue weighted by Crippen LogP contribution is 2.19. The molecular weight excluding hydrogens is 335 g/mol. The van der Waals surface area contributed by atoms with Crippen molar-refractivity contribution in [2.24, 2.45) is 0 Å². The average molecular weight is 353 g/mol. The highest BCUT2D eigenvalue weighted by molar-refractivity contribution is 6.31. The topological polar surface area (TPSA) is 82.2 Å². The fraction of sp³-hybridized carbons (Fsp3) is 0.267. The van der Waals surface area contributed by atoms with E-state index in [9.17, 15) is 9.18 Å². The van der Waals surface area contributed by atoms with Crippen LogP contribution in [0, 0.1) is 5.82 Å². The number of nitrogens with one attached hydrogen (secondary N) is 3. The standard InChI is InChI=1S/C15H18ClFN6O/c1-23(2)11-8-14(22-20-9-11)18-5-6-19-15(24)21-10-3-4-13(17)12(16)7-10/h3-4,7-9H,5-6H2,1-2H3,(H,18,22)(H2,19,21,24). The van der Waals surface area contributed by atoms with E-state index in [0.717, 1.165) is 5.69 Å². The minimum absolute atomic E-state index is 0.0474. The van der Waals surface area contributed by atoms with Gasteiger partial charge in [0.15, 0.2) is 5.82 Å². The van der Waals surface area contributed by atoms with E-state index in [1.165, 1.54) is 18.2 Å². The number of amides is 2. The van der Waals surface area contributed by atoms with Gasteiger partial charge in [0.1, 0.15) is 5.82 Å². The molecule has 0 aliphatic heterocycles. The molecule has 0 unspecified atom stereocenters. The number of urea groups is 1. The lowest BCUT2D eigenvalue weighted by Gasteiger charge is -2.13. The zero-order valence-corrected chi connectivity index (χ0v) is 14.1. The van der Waals surface area contributed by atoms with E-state index in [1.807, 2.05) is 25.1 Å². The van der Waals surface area contributed by atoms with Gasteiger partial charge in [-0.1, -0.05) is 11.6 Å². The second-order valence-electron chi connectivity index (χ2n) is 5.13. The normalized spacial score (nSPS) is 10.2. The Morgan fingerprint density at radius 3 is 2.79 bits per heavy atom. The van der Waals surface area contributed by atoms with Crippen molar-refractivity contribution in [3.05, 3.63) is 41.3 Å². The third-order valence-corrected chi connectivity index (χ3v) is 3.34. The Bertz CT molecular complexity index is 712. The SMILES string of the molecule is CN(C)c1cnnc(NCCNC(=O)Nc2ccc(F)c(Cl)c2)c1. The number of aromatic nitrogens is 2. The highest BCUT2D eigenvalue weighted by Gasteiger charge is 2.05. The Morgan fingerprint density at radius 1 is 1.29 bits per heavy atom. The third-order valence-electron chi connectivity index (χ3n) is 3.05. The summed E-state index contributed by atoms with van der Waals surface area (Å²) in [5.41, 5.74) is 1.34. The van der Waals surface area contributed by atoms with Crippen LogP contribution in [0.1, 0.15) is 0 Å². The number of benzene rings is 1. The van der Waals surface area contributed by atoms with Gasteiger partial charge in [0.25, 0.3) is 0 Å². The molecule has 1 heterocycles. The molecule has 128 valence electrons. The van der Waals surface area contributed by atoms with Gasteiger partial charge in [0.2, 0.25) is 0 Å². The van der Waals surface area contributed by atoms with Gasteiger partial charge in [-0.2, -0.15) is 5.10 Å². The summed E-state index contributed by atoms with van der Waals surface area (Å²) < 4.78 is 13.0. The first-order chi connectivity index (χ1) is 11.5. The molecule has 0 aliphatic rings. The Labute approximate surface area is 144 Å². The van der Waals surface area contributed by atoms with E-state index >= 15 is 0 Å². The van der Waals surface area contributed by atoms with Crippen LogP contribution >= 0.6 is 11.6 Å². The Balaban J connectivity index is 1.74. The lowest BCUT2D eigenvalue weighted by Crippen LogP contribution is -2.32. The first kappa shape index (κ1) is 17.7. The van der Waals surface area contributed by atoms with Crippen LogP contribution in [0.5, 0.6) is 0 Å². The Morgan fingerprint density at radius 2 is 2.08 bits per heavy atom. The molecule has 0 spiro atoms. The van der Waals surface area contributed by atoms with Crippen molar-refractivity contribution in [2.75, 3.05) is 42.7 Å². The molecular formula is C15H18ClFN6O. The molecule has 0 aliphatic carbocycles. The molecule has 3 N–H and O–H groups in total. The summed E-state index contributed by atoms with van der Waals surface area (Å²) in [5.74, 6) is 0.0848. The number of hydrogen-bond donors (Lipinski definition) is 3. The maximum atomic E-state index is 13.0. The fourth-order valence-electron chi connectivity index (χ4n) is 1.80. The summed E-state index contributed by atoms with van der Waals surface area (Å²) >= 11 is 5.65. The minimum Gasteiger partial charge on any atom is -0.376 e. The van der Waals surface area contributed by atoms with Crippen molar-refractivity contribution >= 4 is 34.8 Å². The molecule has 0 saturated heterocycles. The minimum atomic E-state index is -0.534. The molecule has 2 aromatic rings. The molecule has 24 heavy (non-hydrogen) atoms. The van der Waals surface area contributed by atoms with Crippen LogP contribution in [-0.4, -0.2) is 43.4 Å². The first-order valence-corrected chi connectivity index (χ1v) is 7.57. The number of carbonyl (C=O) groups excluding carboxylic acids is 1. The summed E-state index contributed by atoms with van der Waals surface area (Å²) in [6, 6.07) is 5.41. The van der Waals surface area contributed by atoms with Crippen LogP contribution in [0.25, 0.3) is 0 Å². The quantitative estimate of drug-likeness (QED) is 0.696. The van der Waals surface area contributed by atoms with Gasteiger partial charge in [-0.25, -0.2) is 9.18 Å². The molecule has 2 amide bonds. The maximum absolute atomic E-state index is 13.0. The Hall–Kier alpha value is -2.61. The van der Waals surface area contributed by atoms with Crippen LogP contribution < -0.4 is 20.9 Å². The molecule has 7 nitrogen and oxygen atoms in total. The molecule has 9 heteroatoms. The average Bonchev–Trinajstić information content (AvgIpc) is 2.55. The predicted octanol–water partition coefficient (Wildman–Crippen LogP) is 2.57. The summed E-state index contributed by atoms with van der Waals surface area (Å²) in [7, 11) is 3.82. The van der Waals surface area contributed by atoms with Gasteiger partial charge in [0.05, 0.1) is 16.9 Å². The molecule has 0 atom stereocenters. The molecule has 1 aromatic carbocycles. The van der Waals surface area contributed by atoms with E-state index < -0.39 is 11.8 Å². The molecule has 1 aromatic heterocycles. The largest absolute Gasteiger partial charge is 0.376 e. The second-order valence-corrected chi connectivity index (χ2v) is 5.54. The maximum Gasteiger partial charge on any atom is 0.319 e. The lowest BCUT2D eigenvalue weighted by molar-refractivity contribution is 0.252. The number of nitrogens with zero attached hydrogens (tertiary/aromatic N) is 3. The number of rotatable bonds is 6. The zero-order chi connectivity index (χ0) is 17.5. The molecule has 0 fully saturated rings. The van der Waals surface area contributed by atoms with Gasteiger partial charge >= 0.3 is 6.03 Å². The molecule has 0 radical (unpaired) electrons. The van der Waals surface area contributed by atoms with Crippen LogP contribution in [0.2, 0.25) is 5.02 Å². The summed E-state index contributed by atoms with van der Waals surface area (Å²) in [4.78, 5) is 13.7. The van der Waals surface area contributed by atoms with E-state index in [-0.39, 0.29) is 5.02 Å². The number of halogens is 2. The van der Waals surface area contributed by atoms with Gasteiger partial charge in [-0.3, -0.25) is 0 Å². The van der Waals surface area contributed by atoms with Crippen LogP contribution in [0.3, 0.4) is 0 Å².